The van der Waals surface area contributed by atoms with Gasteiger partial charge >= 0.3 is 5.97 Å². The third-order valence-corrected chi connectivity index (χ3v) is 4.23. The second kappa shape index (κ2) is 7.47. The number of hydrogen-bond acceptors (Lipinski definition) is 5. The van der Waals surface area contributed by atoms with Crippen LogP contribution in [0.5, 0.6) is 0 Å². The maximum absolute atomic E-state index is 12.4. The Morgan fingerprint density at radius 2 is 1.84 bits per heavy atom. The second-order valence-corrected chi connectivity index (χ2v) is 6.31. The van der Waals surface area contributed by atoms with E-state index in [0.717, 1.165) is 30.6 Å². The molecule has 25 heavy (non-hydrogen) atoms. The Kier molecular flexibility index (Phi) is 5.12. The number of aromatic nitrogens is 1. The van der Waals surface area contributed by atoms with Crippen LogP contribution in [0.3, 0.4) is 0 Å². The Hall–Kier alpha value is -2.69. The van der Waals surface area contributed by atoms with Crippen molar-refractivity contribution < 1.29 is 14.3 Å². The van der Waals surface area contributed by atoms with Crippen molar-refractivity contribution >= 4 is 17.6 Å². The average Bonchev–Trinajstić information content (AvgIpc) is 3.45. The van der Waals surface area contributed by atoms with Crippen LogP contribution < -0.4 is 5.32 Å². The number of rotatable bonds is 7. The van der Waals surface area contributed by atoms with Gasteiger partial charge in [0.15, 0.2) is 6.10 Å². The first-order valence-corrected chi connectivity index (χ1v) is 8.63. The Balaban J connectivity index is 1.59. The number of carbonyl (C=O) groups excluding carboxylic acids is 2. The molecule has 3 rings (SSSR count). The SMILES string of the molecule is CCc1ccc(C(=O)C(C)OC(=O)c2ccc(NC3CC3)nc2)cc1. The number of benzene rings is 1. The summed E-state index contributed by atoms with van der Waals surface area (Å²) in [6.07, 6.45) is 3.86. The summed E-state index contributed by atoms with van der Waals surface area (Å²) < 4.78 is 5.29. The number of hydrogen-bond donors (Lipinski definition) is 1. The van der Waals surface area contributed by atoms with E-state index in [2.05, 4.69) is 17.2 Å². The van der Waals surface area contributed by atoms with Crippen molar-refractivity contribution in [2.75, 3.05) is 5.32 Å². The van der Waals surface area contributed by atoms with E-state index in [1.165, 1.54) is 6.20 Å². The van der Waals surface area contributed by atoms with Gasteiger partial charge in [-0.2, -0.15) is 0 Å². The third kappa shape index (κ3) is 4.44. The summed E-state index contributed by atoms with van der Waals surface area (Å²) in [4.78, 5) is 28.8. The molecule has 0 amide bonds. The highest BCUT2D eigenvalue weighted by molar-refractivity contribution is 6.01. The quantitative estimate of drug-likeness (QED) is 0.616. The number of ketones is 1. The maximum atomic E-state index is 12.4. The number of ether oxygens (including phenoxy) is 1. The molecule has 130 valence electrons. The minimum Gasteiger partial charge on any atom is -0.451 e. The van der Waals surface area contributed by atoms with Gasteiger partial charge in [0.05, 0.1) is 5.56 Å². The van der Waals surface area contributed by atoms with Crippen LogP contribution in [0.2, 0.25) is 0 Å². The highest BCUT2D eigenvalue weighted by atomic mass is 16.5. The topological polar surface area (TPSA) is 68.3 Å². The van der Waals surface area contributed by atoms with Gasteiger partial charge in [0.25, 0.3) is 0 Å². The molecular formula is C20H22N2O3. The van der Waals surface area contributed by atoms with E-state index < -0.39 is 12.1 Å². The first-order valence-electron chi connectivity index (χ1n) is 8.63. The highest BCUT2D eigenvalue weighted by Crippen LogP contribution is 2.23. The first-order chi connectivity index (χ1) is 12.1. The lowest BCUT2D eigenvalue weighted by molar-refractivity contribution is 0.0318. The van der Waals surface area contributed by atoms with Gasteiger partial charge in [-0.3, -0.25) is 4.79 Å². The monoisotopic (exact) mass is 338 g/mol. The van der Waals surface area contributed by atoms with E-state index in [-0.39, 0.29) is 5.78 Å². The zero-order valence-electron chi connectivity index (χ0n) is 14.5. The molecule has 0 radical (unpaired) electrons. The molecule has 2 aromatic rings. The van der Waals surface area contributed by atoms with Crippen LogP contribution in [0.15, 0.2) is 42.6 Å². The Morgan fingerprint density at radius 3 is 2.40 bits per heavy atom. The van der Waals surface area contributed by atoms with Crippen LogP contribution in [0, 0.1) is 0 Å². The number of carbonyl (C=O) groups is 2. The van der Waals surface area contributed by atoms with Crippen molar-refractivity contribution in [2.24, 2.45) is 0 Å². The van der Waals surface area contributed by atoms with Crippen molar-refractivity contribution in [1.82, 2.24) is 4.98 Å². The number of Topliss-reactive ketones (excluding diaryl/α,β-unsaturated/α-hetero) is 1. The average molecular weight is 338 g/mol. The molecule has 0 aliphatic heterocycles. The number of pyridine rings is 1. The maximum Gasteiger partial charge on any atom is 0.340 e. The Bertz CT molecular complexity index is 750. The normalized spacial score (nSPS) is 14.6. The minimum atomic E-state index is -0.843. The predicted octanol–water partition coefficient (Wildman–Crippen LogP) is 3.65. The molecule has 1 aliphatic carbocycles. The number of esters is 1. The number of anilines is 1. The van der Waals surface area contributed by atoms with Crippen LogP contribution in [-0.4, -0.2) is 28.9 Å². The van der Waals surface area contributed by atoms with Crippen LogP contribution in [0.4, 0.5) is 5.82 Å². The van der Waals surface area contributed by atoms with Crippen LogP contribution in [0.25, 0.3) is 0 Å². The van der Waals surface area contributed by atoms with Gasteiger partial charge in [-0.25, -0.2) is 9.78 Å². The molecule has 1 atom stereocenters. The molecule has 1 saturated carbocycles. The Morgan fingerprint density at radius 1 is 1.16 bits per heavy atom. The van der Waals surface area contributed by atoms with E-state index in [1.807, 2.05) is 12.1 Å². The number of nitrogens with one attached hydrogen (secondary N) is 1. The van der Waals surface area contributed by atoms with E-state index in [9.17, 15) is 9.59 Å². The number of nitrogens with zero attached hydrogens (tertiary/aromatic N) is 1. The van der Waals surface area contributed by atoms with Crippen molar-refractivity contribution in [3.8, 4) is 0 Å². The lowest BCUT2D eigenvalue weighted by Crippen LogP contribution is -2.24. The summed E-state index contributed by atoms with van der Waals surface area (Å²) in [5.74, 6) is -0.00771. The minimum absolute atomic E-state index is 0.212. The van der Waals surface area contributed by atoms with Gasteiger partial charge in [0.1, 0.15) is 5.82 Å². The molecule has 0 saturated heterocycles. The van der Waals surface area contributed by atoms with Crippen LogP contribution in [0.1, 0.15) is 53.0 Å². The summed E-state index contributed by atoms with van der Waals surface area (Å²) in [5, 5.41) is 3.25. The molecule has 1 aromatic carbocycles. The third-order valence-electron chi connectivity index (χ3n) is 4.23. The lowest BCUT2D eigenvalue weighted by Gasteiger charge is -2.13. The molecule has 1 unspecified atom stereocenters. The summed E-state index contributed by atoms with van der Waals surface area (Å²) in [6.45, 7) is 3.64. The molecule has 1 aliphatic rings. The number of aryl methyl sites for hydroxylation is 1. The largest absolute Gasteiger partial charge is 0.451 e. The molecule has 1 aromatic heterocycles. The van der Waals surface area contributed by atoms with Crippen LogP contribution in [-0.2, 0) is 11.2 Å². The summed E-state index contributed by atoms with van der Waals surface area (Å²) >= 11 is 0. The van der Waals surface area contributed by atoms with Gasteiger partial charge < -0.3 is 10.1 Å². The fourth-order valence-electron chi connectivity index (χ4n) is 2.46. The van der Waals surface area contributed by atoms with E-state index >= 15 is 0 Å². The highest BCUT2D eigenvalue weighted by Gasteiger charge is 2.22. The van der Waals surface area contributed by atoms with Gasteiger partial charge in [-0.05, 0) is 43.9 Å². The molecule has 1 heterocycles. The second-order valence-electron chi connectivity index (χ2n) is 6.31. The summed E-state index contributed by atoms with van der Waals surface area (Å²) in [6, 6.07) is 11.3. The van der Waals surface area contributed by atoms with Crippen molar-refractivity contribution in [3.63, 3.8) is 0 Å². The Labute approximate surface area is 147 Å². The fourth-order valence-corrected chi connectivity index (χ4v) is 2.46. The van der Waals surface area contributed by atoms with Crippen molar-refractivity contribution in [2.45, 2.75) is 45.3 Å². The van der Waals surface area contributed by atoms with Crippen molar-refractivity contribution in [1.29, 1.82) is 0 Å². The molecule has 1 N–H and O–H groups in total. The molecule has 5 nitrogen and oxygen atoms in total. The lowest BCUT2D eigenvalue weighted by atomic mass is 10.0. The molecule has 0 bridgehead atoms. The smallest absolute Gasteiger partial charge is 0.340 e. The predicted molar refractivity (Wildman–Crippen MR) is 95.9 cm³/mol. The van der Waals surface area contributed by atoms with E-state index in [4.69, 9.17) is 4.74 Å². The zero-order chi connectivity index (χ0) is 17.8. The summed E-state index contributed by atoms with van der Waals surface area (Å²) in [5.41, 5.74) is 2.04. The van der Waals surface area contributed by atoms with Gasteiger partial charge in [0, 0.05) is 17.8 Å². The van der Waals surface area contributed by atoms with E-state index in [1.54, 1.807) is 31.2 Å². The van der Waals surface area contributed by atoms with Crippen LogP contribution >= 0.6 is 0 Å². The zero-order valence-corrected chi connectivity index (χ0v) is 14.5. The standard InChI is InChI=1S/C20H22N2O3/c1-3-14-4-6-15(7-5-14)19(23)13(2)25-20(24)16-8-11-18(21-12-16)22-17-9-10-17/h4-8,11-13,17H,3,9-10H2,1-2H3,(H,21,22). The van der Waals surface area contributed by atoms with Gasteiger partial charge in [0.2, 0.25) is 5.78 Å². The molecule has 0 spiro atoms. The van der Waals surface area contributed by atoms with Crippen molar-refractivity contribution in [3.05, 3.63) is 59.3 Å². The molecule has 1 fully saturated rings. The van der Waals surface area contributed by atoms with Gasteiger partial charge in [-0.1, -0.05) is 31.2 Å². The molecular weight excluding hydrogens is 316 g/mol. The molecule has 5 heteroatoms. The van der Waals surface area contributed by atoms with Gasteiger partial charge in [-0.15, -0.1) is 0 Å². The summed E-state index contributed by atoms with van der Waals surface area (Å²) in [7, 11) is 0. The fraction of sp³-hybridized carbons (Fsp3) is 0.350. The first kappa shape index (κ1) is 17.1. The van der Waals surface area contributed by atoms with E-state index in [0.29, 0.717) is 17.2 Å².